The molecule has 0 aliphatic heterocycles. The Labute approximate surface area is 70.8 Å². The summed E-state index contributed by atoms with van der Waals surface area (Å²) >= 11 is 0. The maximum absolute atomic E-state index is 10.8. The Morgan fingerprint density at radius 2 is 1.83 bits per heavy atom. The molecule has 0 heterocycles. The summed E-state index contributed by atoms with van der Waals surface area (Å²) in [5, 5.41) is 8.58. The second-order valence-corrected chi connectivity index (χ2v) is 2.23. The molecule has 1 N–H and O–H groups in total. The molecule has 0 saturated heterocycles. The first-order chi connectivity index (χ1) is 5.50. The van der Waals surface area contributed by atoms with Crippen molar-refractivity contribution < 1.29 is 19.4 Å². The van der Waals surface area contributed by atoms with Crippen molar-refractivity contribution >= 4 is 11.8 Å². The zero-order valence-corrected chi connectivity index (χ0v) is 7.38. The zero-order valence-electron chi connectivity index (χ0n) is 7.38. The number of hydrogen-bond donors (Lipinski definition) is 1. The minimum atomic E-state index is -1.24. The van der Waals surface area contributed by atoms with Gasteiger partial charge in [-0.1, -0.05) is 0 Å². The molecule has 12 heavy (non-hydrogen) atoms. The third-order valence-corrected chi connectivity index (χ3v) is 1.28. The van der Waals surface area contributed by atoms with Gasteiger partial charge in [0.2, 0.25) is 0 Å². The number of rotatable bonds is 4. The molecule has 0 radical (unpaired) electrons. The number of hydrogen-bond acceptors (Lipinski definition) is 3. The first-order valence-electron chi connectivity index (χ1n) is 3.58. The van der Waals surface area contributed by atoms with Crippen LogP contribution < -0.4 is 0 Å². The van der Waals surface area contributed by atoms with Crippen molar-refractivity contribution in [2.75, 3.05) is 6.61 Å². The Kier molecular flexibility index (Phi) is 4.04. The molecule has 0 fully saturated rings. The van der Waals surface area contributed by atoms with Crippen LogP contribution in [0.3, 0.4) is 0 Å². The summed E-state index contributed by atoms with van der Waals surface area (Å²) in [5.74, 6) is -1.57. The molecule has 68 valence electrons. The lowest BCUT2D eigenvalue weighted by atomic mass is 10.1. The summed E-state index contributed by atoms with van der Waals surface area (Å²) in [6.07, 6.45) is 0. The molecule has 0 atom stereocenters. The van der Waals surface area contributed by atoms with Gasteiger partial charge in [-0.15, -0.1) is 0 Å². The van der Waals surface area contributed by atoms with E-state index in [4.69, 9.17) is 9.84 Å². The number of carbonyl (C=O) groups is 2. The van der Waals surface area contributed by atoms with Crippen molar-refractivity contribution in [1.29, 1.82) is 0 Å². The molecule has 0 spiro atoms. The highest BCUT2D eigenvalue weighted by molar-refractivity contribution is 6.15. The fourth-order valence-corrected chi connectivity index (χ4v) is 0.838. The Morgan fingerprint density at radius 3 is 2.08 bits per heavy atom. The fraction of sp³-hybridized carbons (Fsp3) is 0.500. The van der Waals surface area contributed by atoms with Crippen LogP contribution in [0, 0.1) is 0 Å². The van der Waals surface area contributed by atoms with E-state index >= 15 is 0 Å². The first kappa shape index (κ1) is 10.7. The molecule has 0 saturated carbocycles. The number of carboxylic acids is 1. The molecule has 0 rings (SSSR count). The van der Waals surface area contributed by atoms with Gasteiger partial charge in [-0.25, -0.2) is 4.79 Å². The molecule has 0 amide bonds. The third-order valence-electron chi connectivity index (χ3n) is 1.28. The van der Waals surface area contributed by atoms with Gasteiger partial charge in [-0.3, -0.25) is 4.79 Å². The van der Waals surface area contributed by atoms with Gasteiger partial charge in [-0.05, 0) is 20.8 Å². The monoisotopic (exact) mass is 172 g/mol. The molecule has 0 aromatic heterocycles. The van der Waals surface area contributed by atoms with E-state index in [1.54, 1.807) is 6.92 Å². The van der Waals surface area contributed by atoms with Crippen molar-refractivity contribution in [1.82, 2.24) is 0 Å². The quantitative estimate of drug-likeness (QED) is 0.297. The Balaban J connectivity index is 4.80. The zero-order chi connectivity index (χ0) is 9.72. The predicted molar refractivity (Wildman–Crippen MR) is 42.6 cm³/mol. The number of carbonyl (C=O) groups excluding carboxylic acids is 1. The summed E-state index contributed by atoms with van der Waals surface area (Å²) in [6.45, 7) is 4.75. The van der Waals surface area contributed by atoms with Crippen molar-refractivity contribution in [3.63, 3.8) is 0 Å². The van der Waals surface area contributed by atoms with Gasteiger partial charge in [0.25, 0.3) is 0 Å². The molecule has 0 aliphatic carbocycles. The minimum absolute atomic E-state index is 0.164. The predicted octanol–water partition coefficient (Wildman–Crippen LogP) is 0.970. The highest BCUT2D eigenvalue weighted by Gasteiger charge is 2.17. The van der Waals surface area contributed by atoms with E-state index in [9.17, 15) is 9.59 Å². The van der Waals surface area contributed by atoms with Crippen LogP contribution in [0.1, 0.15) is 20.8 Å². The summed E-state index contributed by atoms with van der Waals surface area (Å²) in [5.41, 5.74) is -0.281. The van der Waals surface area contributed by atoms with Gasteiger partial charge < -0.3 is 9.84 Å². The van der Waals surface area contributed by atoms with Crippen LogP contribution in [0.2, 0.25) is 0 Å². The second-order valence-electron chi connectivity index (χ2n) is 2.23. The number of allylic oxidation sites excluding steroid dienone is 1. The topological polar surface area (TPSA) is 63.6 Å². The van der Waals surface area contributed by atoms with Crippen molar-refractivity contribution in [2.45, 2.75) is 20.8 Å². The Morgan fingerprint density at radius 1 is 1.33 bits per heavy atom. The van der Waals surface area contributed by atoms with E-state index in [-0.39, 0.29) is 11.3 Å². The molecule has 0 bridgehead atoms. The minimum Gasteiger partial charge on any atom is -0.497 e. The molecule has 0 aromatic rings. The van der Waals surface area contributed by atoms with E-state index in [1.165, 1.54) is 13.8 Å². The van der Waals surface area contributed by atoms with Crippen LogP contribution in [0.4, 0.5) is 0 Å². The van der Waals surface area contributed by atoms with E-state index in [1.807, 2.05) is 0 Å². The highest BCUT2D eigenvalue weighted by Crippen LogP contribution is 2.06. The van der Waals surface area contributed by atoms with E-state index in [0.29, 0.717) is 6.61 Å². The van der Waals surface area contributed by atoms with E-state index < -0.39 is 11.8 Å². The van der Waals surface area contributed by atoms with Crippen LogP contribution >= 0.6 is 0 Å². The highest BCUT2D eigenvalue weighted by atomic mass is 16.5. The van der Waals surface area contributed by atoms with Gasteiger partial charge in [-0.2, -0.15) is 0 Å². The SMILES string of the molecule is CCOC(C)=C(C(C)=O)C(=O)O. The molecular formula is C8H12O4. The molecule has 0 aromatic carbocycles. The average Bonchev–Trinajstić information content (AvgIpc) is 1.85. The number of Topliss-reactive ketones (excluding diaryl/α,β-unsaturated/α-hetero) is 1. The maximum atomic E-state index is 10.8. The number of aliphatic carboxylic acids is 1. The van der Waals surface area contributed by atoms with Crippen LogP contribution in [0.15, 0.2) is 11.3 Å². The summed E-state index contributed by atoms with van der Waals surface area (Å²) in [6, 6.07) is 0. The third kappa shape index (κ3) is 2.74. The molecule has 0 aliphatic rings. The summed E-state index contributed by atoms with van der Waals surface area (Å²) in [7, 11) is 0. The van der Waals surface area contributed by atoms with Gasteiger partial charge in [0.1, 0.15) is 11.3 Å². The lowest BCUT2D eigenvalue weighted by Crippen LogP contribution is -2.12. The second kappa shape index (κ2) is 4.54. The molecular weight excluding hydrogens is 160 g/mol. The fourth-order valence-electron chi connectivity index (χ4n) is 0.838. The van der Waals surface area contributed by atoms with E-state index in [2.05, 4.69) is 0 Å². The number of carboxylic acid groups (broad SMARTS) is 1. The van der Waals surface area contributed by atoms with Crippen LogP contribution in [0.5, 0.6) is 0 Å². The van der Waals surface area contributed by atoms with Crippen molar-refractivity contribution in [3.8, 4) is 0 Å². The van der Waals surface area contributed by atoms with Gasteiger partial charge >= 0.3 is 5.97 Å². The van der Waals surface area contributed by atoms with Gasteiger partial charge in [0.05, 0.1) is 6.61 Å². The number of ketones is 1. The summed E-state index contributed by atoms with van der Waals surface area (Å²) in [4.78, 5) is 21.3. The summed E-state index contributed by atoms with van der Waals surface area (Å²) < 4.78 is 4.90. The lowest BCUT2D eigenvalue weighted by molar-refractivity contribution is -0.134. The van der Waals surface area contributed by atoms with Crippen LogP contribution in [-0.2, 0) is 14.3 Å². The molecule has 4 heteroatoms. The first-order valence-corrected chi connectivity index (χ1v) is 3.58. The van der Waals surface area contributed by atoms with E-state index in [0.717, 1.165) is 0 Å². The van der Waals surface area contributed by atoms with Gasteiger partial charge in [0.15, 0.2) is 5.78 Å². The molecule has 4 nitrogen and oxygen atoms in total. The Bertz CT molecular complexity index is 211. The average molecular weight is 172 g/mol. The smallest absolute Gasteiger partial charge is 0.342 e. The maximum Gasteiger partial charge on any atom is 0.342 e. The largest absolute Gasteiger partial charge is 0.497 e. The van der Waals surface area contributed by atoms with Crippen LogP contribution in [0.25, 0.3) is 0 Å². The number of ether oxygens (including phenoxy) is 1. The Hall–Kier alpha value is -1.32. The van der Waals surface area contributed by atoms with Crippen molar-refractivity contribution in [2.24, 2.45) is 0 Å². The van der Waals surface area contributed by atoms with Gasteiger partial charge in [0, 0.05) is 0 Å². The van der Waals surface area contributed by atoms with Crippen molar-refractivity contribution in [3.05, 3.63) is 11.3 Å². The molecule has 0 unspecified atom stereocenters. The normalized spacial score (nSPS) is 11.9. The standard InChI is InChI=1S/C8H12O4/c1-4-12-6(3)7(5(2)9)8(10)11/h4H2,1-3H3,(H,10,11). The van der Waals surface area contributed by atoms with Crippen LogP contribution in [-0.4, -0.2) is 23.5 Å². The lowest BCUT2D eigenvalue weighted by Gasteiger charge is -2.05.